The van der Waals surface area contributed by atoms with Crippen LogP contribution in [0, 0.1) is 0 Å². The molecule has 0 aliphatic carbocycles. The highest BCUT2D eigenvalue weighted by Gasteiger charge is 2.07. The Morgan fingerprint density at radius 2 is 1.93 bits per heavy atom. The minimum Gasteiger partial charge on any atom is -0.307 e. The van der Waals surface area contributed by atoms with Crippen LogP contribution in [0.3, 0.4) is 0 Å². The van der Waals surface area contributed by atoms with Crippen LogP contribution in [0.1, 0.15) is 31.9 Å². The quantitative estimate of drug-likeness (QED) is 0.746. The maximum Gasteiger partial charge on any atom is 0.0406 e. The number of halogens is 1. The summed E-state index contributed by atoms with van der Waals surface area (Å²) < 4.78 is 0. The molecule has 1 nitrogen and oxygen atoms in total. The fourth-order valence-corrected chi connectivity index (χ4v) is 1.72. The molecule has 82 valence electrons. The van der Waals surface area contributed by atoms with Gasteiger partial charge in [-0.25, -0.2) is 0 Å². The molecule has 2 atom stereocenters. The Labute approximate surface area is 97.1 Å². The summed E-state index contributed by atoms with van der Waals surface area (Å²) in [5.41, 5.74) is 1.26. The van der Waals surface area contributed by atoms with E-state index in [1.165, 1.54) is 5.56 Å². The molecule has 0 aliphatic heterocycles. The minimum atomic E-state index is 0.345. The van der Waals surface area contributed by atoms with Crippen molar-refractivity contribution in [3.05, 3.63) is 47.5 Å². The lowest BCUT2D eigenvalue weighted by Crippen LogP contribution is -2.28. The van der Waals surface area contributed by atoms with Gasteiger partial charge in [-0.05, 0) is 38.0 Å². The van der Waals surface area contributed by atoms with E-state index in [0.717, 1.165) is 11.4 Å². The summed E-state index contributed by atoms with van der Waals surface area (Å²) >= 11 is 5.84. The predicted molar refractivity (Wildman–Crippen MR) is 67.3 cm³/mol. The molecule has 1 aromatic rings. The maximum atomic E-state index is 5.84. The van der Waals surface area contributed by atoms with Crippen molar-refractivity contribution in [2.75, 3.05) is 0 Å². The fraction of sp³-hybridized carbons (Fsp3) is 0.385. The third-order valence-corrected chi connectivity index (χ3v) is 2.68. The SMILES string of the molecule is C=CCC(C)NC(C)c1ccc(Cl)cc1. The minimum absolute atomic E-state index is 0.345. The first-order chi connectivity index (χ1) is 7.13. The van der Waals surface area contributed by atoms with Crippen molar-refractivity contribution in [3.8, 4) is 0 Å². The van der Waals surface area contributed by atoms with Gasteiger partial charge in [0.15, 0.2) is 0 Å². The normalized spacial score (nSPS) is 14.6. The van der Waals surface area contributed by atoms with Crippen LogP contribution in [0.25, 0.3) is 0 Å². The van der Waals surface area contributed by atoms with Gasteiger partial charge in [-0.3, -0.25) is 0 Å². The molecule has 0 amide bonds. The van der Waals surface area contributed by atoms with Crippen LogP contribution < -0.4 is 5.32 Å². The second kappa shape index (κ2) is 5.94. The van der Waals surface area contributed by atoms with Gasteiger partial charge in [0.2, 0.25) is 0 Å². The van der Waals surface area contributed by atoms with Crippen LogP contribution in [0.4, 0.5) is 0 Å². The topological polar surface area (TPSA) is 12.0 Å². The second-order valence-electron chi connectivity index (χ2n) is 3.87. The molecule has 15 heavy (non-hydrogen) atoms. The van der Waals surface area contributed by atoms with Crippen molar-refractivity contribution >= 4 is 11.6 Å². The molecule has 1 N–H and O–H groups in total. The number of rotatable bonds is 5. The van der Waals surface area contributed by atoms with Crippen LogP contribution in [0.2, 0.25) is 5.02 Å². The molecule has 2 heteroatoms. The largest absolute Gasteiger partial charge is 0.307 e. The highest BCUT2D eigenvalue weighted by Crippen LogP contribution is 2.16. The van der Waals surface area contributed by atoms with Crippen molar-refractivity contribution in [1.29, 1.82) is 0 Å². The number of hydrogen-bond acceptors (Lipinski definition) is 1. The summed E-state index contributed by atoms with van der Waals surface area (Å²) in [6, 6.07) is 8.76. The standard InChI is InChI=1S/C13H18ClN/c1-4-5-10(2)15-11(3)12-6-8-13(14)9-7-12/h4,6-11,15H,1,5H2,2-3H3. The van der Waals surface area contributed by atoms with E-state index in [2.05, 4.69) is 37.9 Å². The van der Waals surface area contributed by atoms with E-state index in [4.69, 9.17) is 11.6 Å². The van der Waals surface area contributed by atoms with Crippen molar-refractivity contribution < 1.29 is 0 Å². The van der Waals surface area contributed by atoms with E-state index in [-0.39, 0.29) is 0 Å². The molecule has 0 saturated heterocycles. The first kappa shape index (κ1) is 12.3. The van der Waals surface area contributed by atoms with Gasteiger partial charge in [0.1, 0.15) is 0 Å². The van der Waals surface area contributed by atoms with E-state index in [1.807, 2.05) is 18.2 Å². The Morgan fingerprint density at radius 1 is 1.33 bits per heavy atom. The molecule has 0 saturated carbocycles. The average Bonchev–Trinajstić information content (AvgIpc) is 2.18. The van der Waals surface area contributed by atoms with E-state index < -0.39 is 0 Å². The lowest BCUT2D eigenvalue weighted by atomic mass is 10.1. The van der Waals surface area contributed by atoms with Gasteiger partial charge in [0.05, 0.1) is 0 Å². The molecule has 0 radical (unpaired) electrons. The Hall–Kier alpha value is -0.790. The Balaban J connectivity index is 2.56. The molecule has 0 aromatic heterocycles. The van der Waals surface area contributed by atoms with Crippen LogP contribution >= 0.6 is 11.6 Å². The maximum absolute atomic E-state index is 5.84. The van der Waals surface area contributed by atoms with Crippen LogP contribution in [-0.4, -0.2) is 6.04 Å². The number of benzene rings is 1. The highest BCUT2D eigenvalue weighted by atomic mass is 35.5. The van der Waals surface area contributed by atoms with Crippen molar-refractivity contribution in [1.82, 2.24) is 5.32 Å². The van der Waals surface area contributed by atoms with E-state index in [9.17, 15) is 0 Å². The first-order valence-corrected chi connectivity index (χ1v) is 5.63. The summed E-state index contributed by atoms with van der Waals surface area (Å²) in [5, 5.41) is 4.28. The van der Waals surface area contributed by atoms with Crippen LogP contribution in [-0.2, 0) is 0 Å². The Bertz CT molecular complexity index is 305. The van der Waals surface area contributed by atoms with E-state index >= 15 is 0 Å². The van der Waals surface area contributed by atoms with Gasteiger partial charge in [-0.15, -0.1) is 6.58 Å². The fourth-order valence-electron chi connectivity index (χ4n) is 1.59. The summed E-state index contributed by atoms with van der Waals surface area (Å²) in [6.45, 7) is 8.05. The Morgan fingerprint density at radius 3 is 2.47 bits per heavy atom. The lowest BCUT2D eigenvalue weighted by Gasteiger charge is -2.19. The van der Waals surface area contributed by atoms with Crippen molar-refractivity contribution in [2.45, 2.75) is 32.4 Å². The summed E-state index contributed by atoms with van der Waals surface area (Å²) in [4.78, 5) is 0. The smallest absolute Gasteiger partial charge is 0.0406 e. The second-order valence-corrected chi connectivity index (χ2v) is 4.30. The van der Waals surface area contributed by atoms with Gasteiger partial charge in [0, 0.05) is 17.1 Å². The summed E-state index contributed by atoms with van der Waals surface area (Å²) in [7, 11) is 0. The van der Waals surface area contributed by atoms with Gasteiger partial charge in [-0.2, -0.15) is 0 Å². The number of hydrogen-bond donors (Lipinski definition) is 1. The molecule has 0 bridgehead atoms. The average molecular weight is 224 g/mol. The van der Waals surface area contributed by atoms with Gasteiger partial charge >= 0.3 is 0 Å². The summed E-state index contributed by atoms with van der Waals surface area (Å²) in [5.74, 6) is 0. The molecule has 1 aromatic carbocycles. The lowest BCUT2D eigenvalue weighted by molar-refractivity contribution is 0.482. The molecule has 0 fully saturated rings. The zero-order valence-corrected chi connectivity index (χ0v) is 10.1. The van der Waals surface area contributed by atoms with Crippen LogP contribution in [0.15, 0.2) is 36.9 Å². The monoisotopic (exact) mass is 223 g/mol. The first-order valence-electron chi connectivity index (χ1n) is 5.26. The zero-order chi connectivity index (χ0) is 11.3. The van der Waals surface area contributed by atoms with Crippen molar-refractivity contribution in [3.63, 3.8) is 0 Å². The Kier molecular flexibility index (Phi) is 4.86. The van der Waals surface area contributed by atoms with Gasteiger partial charge in [0.25, 0.3) is 0 Å². The van der Waals surface area contributed by atoms with Gasteiger partial charge in [-0.1, -0.05) is 29.8 Å². The van der Waals surface area contributed by atoms with E-state index in [0.29, 0.717) is 12.1 Å². The molecule has 0 spiro atoms. The predicted octanol–water partition coefficient (Wildman–Crippen LogP) is 3.96. The van der Waals surface area contributed by atoms with E-state index in [1.54, 1.807) is 0 Å². The molecule has 1 rings (SSSR count). The highest BCUT2D eigenvalue weighted by molar-refractivity contribution is 6.30. The number of nitrogens with one attached hydrogen (secondary N) is 1. The molecule has 0 aliphatic rings. The summed E-state index contributed by atoms with van der Waals surface area (Å²) in [6.07, 6.45) is 2.92. The molecular weight excluding hydrogens is 206 g/mol. The third kappa shape index (κ3) is 4.06. The molecular formula is C13H18ClN. The zero-order valence-electron chi connectivity index (χ0n) is 9.33. The van der Waals surface area contributed by atoms with Crippen molar-refractivity contribution in [2.24, 2.45) is 0 Å². The van der Waals surface area contributed by atoms with Gasteiger partial charge < -0.3 is 5.32 Å². The molecule has 0 heterocycles. The van der Waals surface area contributed by atoms with Crippen LogP contribution in [0.5, 0.6) is 0 Å². The third-order valence-electron chi connectivity index (χ3n) is 2.42. The molecule has 2 unspecified atom stereocenters.